The number of hydrogen-bond acceptors (Lipinski definition) is 4. The van der Waals surface area contributed by atoms with E-state index >= 15 is 0 Å². The lowest BCUT2D eigenvalue weighted by atomic mass is 10.2. The molecule has 1 heterocycles. The molecule has 23 heavy (non-hydrogen) atoms. The Bertz CT molecular complexity index is 856. The van der Waals surface area contributed by atoms with Crippen molar-refractivity contribution < 1.29 is 18.7 Å². The van der Waals surface area contributed by atoms with Crippen LogP contribution >= 0.6 is 0 Å². The summed E-state index contributed by atoms with van der Waals surface area (Å²) in [6.45, 7) is 0.412. The molecule has 0 aliphatic rings. The number of ether oxygens (including phenoxy) is 1. The second-order valence-corrected chi connectivity index (χ2v) is 4.86. The molecule has 1 aromatic heterocycles. The van der Waals surface area contributed by atoms with Crippen molar-refractivity contribution in [2.45, 2.75) is 6.61 Å². The number of furan rings is 1. The van der Waals surface area contributed by atoms with Crippen LogP contribution in [0.3, 0.4) is 0 Å². The maximum atomic E-state index is 11.4. The monoisotopic (exact) mass is 310 g/mol. The van der Waals surface area contributed by atoms with E-state index in [1.54, 1.807) is 18.2 Å². The van der Waals surface area contributed by atoms with Gasteiger partial charge in [0.25, 0.3) is 5.91 Å². The van der Waals surface area contributed by atoms with Crippen LogP contribution in [0.15, 0.2) is 52.9 Å². The van der Waals surface area contributed by atoms with Crippen LogP contribution in [0.1, 0.15) is 16.1 Å². The standard InChI is InChI=1S/C17H14N2O4/c18-17(21)16-15(19-10-20)13-7-6-12(8-14(13)23-16)22-9-11-4-2-1-3-5-11/h1-8,10H,9H2,(H2,18,21)(H,19,20). The molecule has 3 aromatic rings. The van der Waals surface area contributed by atoms with Crippen molar-refractivity contribution in [1.29, 1.82) is 0 Å². The molecule has 0 bridgehead atoms. The van der Waals surface area contributed by atoms with Crippen LogP contribution in [-0.4, -0.2) is 12.3 Å². The van der Waals surface area contributed by atoms with Crippen molar-refractivity contribution in [2.75, 3.05) is 5.32 Å². The van der Waals surface area contributed by atoms with Gasteiger partial charge in [0.15, 0.2) is 0 Å². The third kappa shape index (κ3) is 3.01. The number of benzene rings is 2. The molecule has 6 nitrogen and oxygen atoms in total. The average Bonchev–Trinajstić information content (AvgIpc) is 2.93. The van der Waals surface area contributed by atoms with Crippen LogP contribution in [0.2, 0.25) is 0 Å². The SMILES string of the molecule is NC(=O)c1oc2cc(OCc3ccccc3)ccc2c1NC=O. The van der Waals surface area contributed by atoms with Crippen molar-refractivity contribution in [3.63, 3.8) is 0 Å². The molecule has 0 atom stereocenters. The molecule has 0 radical (unpaired) electrons. The zero-order valence-electron chi connectivity index (χ0n) is 12.1. The molecule has 3 rings (SSSR count). The predicted octanol–water partition coefficient (Wildman–Crippen LogP) is 2.68. The number of carbonyl (C=O) groups excluding carboxylic acids is 2. The lowest BCUT2D eigenvalue weighted by Crippen LogP contribution is -2.12. The number of nitrogens with two attached hydrogens (primary N) is 1. The van der Waals surface area contributed by atoms with Gasteiger partial charge in [-0.05, 0) is 17.7 Å². The van der Waals surface area contributed by atoms with Gasteiger partial charge >= 0.3 is 0 Å². The van der Waals surface area contributed by atoms with Crippen LogP contribution in [0.5, 0.6) is 5.75 Å². The lowest BCUT2D eigenvalue weighted by Gasteiger charge is -2.06. The molecular formula is C17H14N2O4. The molecule has 0 aliphatic carbocycles. The minimum Gasteiger partial charge on any atom is -0.489 e. The van der Waals surface area contributed by atoms with E-state index in [0.717, 1.165) is 5.56 Å². The molecule has 0 fully saturated rings. The Hall–Kier alpha value is -3.28. The highest BCUT2D eigenvalue weighted by Gasteiger charge is 2.18. The van der Waals surface area contributed by atoms with E-state index in [1.165, 1.54) is 0 Å². The minimum absolute atomic E-state index is 0.0905. The summed E-state index contributed by atoms with van der Waals surface area (Å²) in [5, 5.41) is 3.02. The number of carbonyl (C=O) groups is 2. The molecule has 0 saturated carbocycles. The zero-order valence-corrected chi connectivity index (χ0v) is 12.1. The van der Waals surface area contributed by atoms with Gasteiger partial charge in [-0.1, -0.05) is 30.3 Å². The van der Waals surface area contributed by atoms with Crippen molar-refractivity contribution in [3.05, 3.63) is 59.9 Å². The van der Waals surface area contributed by atoms with E-state index in [9.17, 15) is 9.59 Å². The normalized spacial score (nSPS) is 10.4. The average molecular weight is 310 g/mol. The second kappa shape index (κ2) is 6.23. The Balaban J connectivity index is 1.89. The zero-order chi connectivity index (χ0) is 16.2. The minimum atomic E-state index is -0.752. The third-order valence-electron chi connectivity index (χ3n) is 3.34. The molecule has 0 unspecified atom stereocenters. The Morgan fingerprint density at radius 1 is 1.22 bits per heavy atom. The fraction of sp³-hybridized carbons (Fsp3) is 0.0588. The van der Waals surface area contributed by atoms with Gasteiger partial charge in [0.05, 0.1) is 0 Å². The van der Waals surface area contributed by atoms with E-state index in [2.05, 4.69) is 5.32 Å². The molecule has 0 spiro atoms. The van der Waals surface area contributed by atoms with Gasteiger partial charge in [-0.25, -0.2) is 0 Å². The van der Waals surface area contributed by atoms with Gasteiger partial charge in [0, 0.05) is 11.5 Å². The van der Waals surface area contributed by atoms with Crippen LogP contribution in [0.25, 0.3) is 11.0 Å². The first-order valence-electron chi connectivity index (χ1n) is 6.92. The number of hydrogen-bond donors (Lipinski definition) is 2. The predicted molar refractivity (Wildman–Crippen MR) is 85.2 cm³/mol. The molecule has 2 aromatic carbocycles. The van der Waals surface area contributed by atoms with Crippen LogP contribution in [0, 0.1) is 0 Å². The van der Waals surface area contributed by atoms with Crippen LogP contribution in [-0.2, 0) is 11.4 Å². The molecule has 116 valence electrons. The number of nitrogens with one attached hydrogen (secondary N) is 1. The Kier molecular flexibility index (Phi) is 3.97. The summed E-state index contributed by atoms with van der Waals surface area (Å²) < 4.78 is 11.1. The highest BCUT2D eigenvalue weighted by molar-refractivity contribution is 6.08. The number of rotatable bonds is 6. The molecular weight excluding hydrogens is 296 g/mol. The number of anilines is 1. The maximum Gasteiger partial charge on any atom is 0.286 e. The van der Waals surface area contributed by atoms with Crippen molar-refractivity contribution in [3.8, 4) is 5.75 Å². The van der Waals surface area contributed by atoms with E-state index in [4.69, 9.17) is 14.9 Å². The first kappa shape index (κ1) is 14.6. The van der Waals surface area contributed by atoms with Gasteiger partial charge in [-0.3, -0.25) is 9.59 Å². The second-order valence-electron chi connectivity index (χ2n) is 4.86. The Morgan fingerprint density at radius 2 is 2.00 bits per heavy atom. The smallest absolute Gasteiger partial charge is 0.286 e. The maximum absolute atomic E-state index is 11.4. The van der Waals surface area contributed by atoms with Gasteiger partial charge in [0.2, 0.25) is 12.2 Å². The number of primary amides is 1. The van der Waals surface area contributed by atoms with Crippen molar-refractivity contribution in [2.24, 2.45) is 5.73 Å². The summed E-state index contributed by atoms with van der Waals surface area (Å²) in [4.78, 5) is 22.1. The molecule has 2 amide bonds. The van der Waals surface area contributed by atoms with Crippen LogP contribution in [0.4, 0.5) is 5.69 Å². The third-order valence-corrected chi connectivity index (χ3v) is 3.34. The first-order chi connectivity index (χ1) is 11.2. The summed E-state index contributed by atoms with van der Waals surface area (Å²) in [6.07, 6.45) is 0.469. The Labute approximate surface area is 131 Å². The van der Waals surface area contributed by atoms with Gasteiger partial charge in [-0.2, -0.15) is 0 Å². The quantitative estimate of drug-likeness (QED) is 0.684. The number of amides is 2. The highest BCUT2D eigenvalue weighted by Crippen LogP contribution is 2.33. The van der Waals surface area contributed by atoms with Gasteiger partial charge in [0.1, 0.15) is 23.6 Å². The van der Waals surface area contributed by atoms with E-state index in [0.29, 0.717) is 29.7 Å². The number of fused-ring (bicyclic) bond motifs is 1. The summed E-state index contributed by atoms with van der Waals surface area (Å²) in [6, 6.07) is 14.8. The lowest BCUT2D eigenvalue weighted by molar-refractivity contribution is -0.105. The van der Waals surface area contributed by atoms with Gasteiger partial charge < -0.3 is 20.2 Å². The highest BCUT2D eigenvalue weighted by atomic mass is 16.5. The van der Waals surface area contributed by atoms with E-state index in [-0.39, 0.29) is 11.4 Å². The summed E-state index contributed by atoms with van der Waals surface area (Å²) in [5.41, 5.74) is 6.97. The molecule has 6 heteroatoms. The van der Waals surface area contributed by atoms with Crippen molar-refractivity contribution in [1.82, 2.24) is 0 Å². The first-order valence-corrected chi connectivity index (χ1v) is 6.92. The molecule has 0 aliphatic heterocycles. The van der Waals surface area contributed by atoms with E-state index < -0.39 is 5.91 Å². The largest absolute Gasteiger partial charge is 0.489 e. The summed E-state index contributed by atoms with van der Waals surface area (Å²) in [7, 11) is 0. The van der Waals surface area contributed by atoms with Crippen molar-refractivity contribution >= 4 is 29.0 Å². The molecule has 0 saturated heterocycles. The van der Waals surface area contributed by atoms with Crippen LogP contribution < -0.4 is 15.8 Å². The Morgan fingerprint density at radius 3 is 2.70 bits per heavy atom. The molecule has 3 N–H and O–H groups in total. The van der Waals surface area contributed by atoms with E-state index in [1.807, 2.05) is 30.3 Å². The summed E-state index contributed by atoms with van der Waals surface area (Å²) >= 11 is 0. The fourth-order valence-corrected chi connectivity index (χ4v) is 2.28. The topological polar surface area (TPSA) is 94.6 Å². The van der Waals surface area contributed by atoms with Gasteiger partial charge in [-0.15, -0.1) is 0 Å². The summed E-state index contributed by atoms with van der Waals surface area (Å²) in [5.74, 6) is -0.256. The fourth-order valence-electron chi connectivity index (χ4n) is 2.28.